The SMILES string of the molecule is CCCCNc1ccc(C/C(C(=O)c2ccc(OC)cc2)=C(\C(=O)[O-])c2ccc3nsnc3c2)cc1.[K+]. The van der Waals surface area contributed by atoms with Gasteiger partial charge in [-0.3, -0.25) is 4.79 Å². The molecule has 0 aliphatic heterocycles. The van der Waals surface area contributed by atoms with Gasteiger partial charge < -0.3 is 20.0 Å². The molecule has 0 unspecified atom stereocenters. The fourth-order valence-corrected chi connectivity index (χ4v) is 4.42. The summed E-state index contributed by atoms with van der Waals surface area (Å²) in [6, 6.07) is 19.2. The molecule has 0 amide bonds. The predicted octanol–water partition coefficient (Wildman–Crippen LogP) is 1.54. The Labute approximate surface area is 262 Å². The first-order chi connectivity index (χ1) is 17.5. The Bertz CT molecular complexity index is 1400. The van der Waals surface area contributed by atoms with Crippen LogP contribution in [0.3, 0.4) is 0 Å². The third-order valence-corrected chi connectivity index (χ3v) is 6.43. The Balaban J connectivity index is 0.00000380. The van der Waals surface area contributed by atoms with Gasteiger partial charge in [0.15, 0.2) is 5.78 Å². The number of carbonyl (C=O) groups excluding carboxylic acids is 2. The summed E-state index contributed by atoms with van der Waals surface area (Å²) in [6.07, 6.45) is 2.29. The second-order valence-electron chi connectivity index (χ2n) is 8.32. The maximum Gasteiger partial charge on any atom is 1.00 e. The molecule has 0 saturated heterocycles. The van der Waals surface area contributed by atoms with Crippen LogP contribution < -0.4 is 66.5 Å². The van der Waals surface area contributed by atoms with Crippen LogP contribution in [0.15, 0.2) is 72.3 Å². The van der Waals surface area contributed by atoms with Gasteiger partial charge >= 0.3 is 51.4 Å². The molecule has 4 aromatic rings. The molecule has 0 spiro atoms. The number of carbonyl (C=O) groups is 2. The van der Waals surface area contributed by atoms with Crippen molar-refractivity contribution >= 4 is 45.8 Å². The van der Waals surface area contributed by atoms with E-state index in [1.807, 2.05) is 24.3 Å². The number of carboxylic acids is 1. The van der Waals surface area contributed by atoms with Crippen molar-refractivity contribution in [2.24, 2.45) is 0 Å². The van der Waals surface area contributed by atoms with Gasteiger partial charge in [0.2, 0.25) is 0 Å². The number of unbranched alkanes of at least 4 members (excludes halogenated alkanes) is 1. The fraction of sp³-hybridized carbons (Fsp3) is 0.214. The summed E-state index contributed by atoms with van der Waals surface area (Å²) < 4.78 is 13.6. The number of aliphatic carboxylic acids is 1. The number of allylic oxidation sites excluding steroid dienone is 1. The summed E-state index contributed by atoms with van der Waals surface area (Å²) in [7, 11) is 1.54. The summed E-state index contributed by atoms with van der Waals surface area (Å²) >= 11 is 1.04. The second-order valence-corrected chi connectivity index (χ2v) is 8.85. The van der Waals surface area contributed by atoms with Crippen molar-refractivity contribution in [2.75, 3.05) is 19.0 Å². The maximum absolute atomic E-state index is 13.7. The van der Waals surface area contributed by atoms with Crippen LogP contribution in [0.25, 0.3) is 16.6 Å². The minimum Gasteiger partial charge on any atom is -0.545 e. The van der Waals surface area contributed by atoms with E-state index >= 15 is 0 Å². The van der Waals surface area contributed by atoms with E-state index in [-0.39, 0.29) is 69.0 Å². The molecular weight excluding hydrogens is 513 g/mol. The van der Waals surface area contributed by atoms with Crippen LogP contribution in [0.2, 0.25) is 0 Å². The molecule has 4 rings (SSSR count). The van der Waals surface area contributed by atoms with E-state index in [9.17, 15) is 14.7 Å². The van der Waals surface area contributed by atoms with Crippen molar-refractivity contribution in [1.29, 1.82) is 0 Å². The summed E-state index contributed by atoms with van der Waals surface area (Å²) in [5, 5.41) is 15.8. The molecular formula is C28H26KN3O4S. The Kier molecular flexibility index (Phi) is 11.0. The molecule has 184 valence electrons. The smallest absolute Gasteiger partial charge is 0.545 e. The van der Waals surface area contributed by atoms with Gasteiger partial charge in [-0.25, -0.2) is 0 Å². The number of nitrogens with zero attached hydrogens (tertiary/aromatic N) is 2. The van der Waals surface area contributed by atoms with E-state index < -0.39 is 11.8 Å². The molecule has 0 aliphatic carbocycles. The number of nitrogens with one attached hydrogen (secondary N) is 1. The minimum atomic E-state index is -1.42. The maximum atomic E-state index is 13.7. The van der Waals surface area contributed by atoms with Gasteiger partial charge in [-0.15, -0.1) is 0 Å². The first-order valence-corrected chi connectivity index (χ1v) is 12.4. The minimum absolute atomic E-state index is 0. The van der Waals surface area contributed by atoms with Crippen molar-refractivity contribution in [2.45, 2.75) is 26.2 Å². The molecule has 0 aliphatic rings. The molecule has 7 nitrogen and oxygen atoms in total. The van der Waals surface area contributed by atoms with Crippen LogP contribution in [0.4, 0.5) is 5.69 Å². The number of ether oxygens (including phenoxy) is 1. The van der Waals surface area contributed by atoms with Gasteiger partial charge in [-0.2, -0.15) is 8.75 Å². The number of benzene rings is 3. The molecule has 0 radical (unpaired) electrons. The van der Waals surface area contributed by atoms with Crippen LogP contribution in [0.1, 0.15) is 41.3 Å². The predicted molar refractivity (Wildman–Crippen MR) is 140 cm³/mol. The third kappa shape index (κ3) is 7.34. The summed E-state index contributed by atoms with van der Waals surface area (Å²) in [6.45, 7) is 3.01. The monoisotopic (exact) mass is 539 g/mol. The summed E-state index contributed by atoms with van der Waals surface area (Å²) in [5.74, 6) is -1.21. The van der Waals surface area contributed by atoms with Crippen molar-refractivity contribution in [1.82, 2.24) is 8.75 Å². The second kappa shape index (κ2) is 13.9. The number of ketones is 1. The number of methoxy groups -OCH3 is 1. The first-order valence-electron chi connectivity index (χ1n) is 11.7. The van der Waals surface area contributed by atoms with Crippen molar-refractivity contribution < 1.29 is 70.8 Å². The standard InChI is InChI=1S/C28H27N3O4S.K/c1-3-4-15-29-21-10-5-18(6-11-21)16-23(27(32)19-7-12-22(35-2)13-8-19)26(28(33)34)20-9-14-24-25(17-20)31-36-30-24;/h5-14,17,29H,3-4,15-16H2,1-2H3,(H,33,34);/q;+1/p-1/b26-23+;. The molecule has 0 fully saturated rings. The molecule has 1 aromatic heterocycles. The summed E-state index contributed by atoms with van der Waals surface area (Å²) in [5.41, 5.74) is 3.70. The zero-order valence-corrected chi connectivity index (χ0v) is 25.1. The molecule has 3 aromatic carbocycles. The summed E-state index contributed by atoms with van der Waals surface area (Å²) in [4.78, 5) is 26.2. The van der Waals surface area contributed by atoms with Crippen molar-refractivity contribution in [3.63, 3.8) is 0 Å². The van der Waals surface area contributed by atoms with E-state index in [2.05, 4.69) is 21.0 Å². The molecule has 1 N–H and O–H groups in total. The van der Waals surface area contributed by atoms with Crippen LogP contribution in [-0.2, 0) is 11.2 Å². The van der Waals surface area contributed by atoms with Crippen molar-refractivity contribution in [3.05, 3.63) is 89.0 Å². The molecule has 0 saturated carbocycles. The van der Waals surface area contributed by atoms with Crippen LogP contribution >= 0.6 is 11.7 Å². The normalized spacial score (nSPS) is 11.4. The van der Waals surface area contributed by atoms with Gasteiger partial charge in [0.25, 0.3) is 0 Å². The van der Waals surface area contributed by atoms with E-state index in [1.54, 1.807) is 49.6 Å². The zero-order chi connectivity index (χ0) is 25.5. The Hall–Kier alpha value is -2.40. The first kappa shape index (κ1) is 29.2. The molecule has 0 atom stereocenters. The van der Waals surface area contributed by atoms with E-state index in [0.717, 1.165) is 42.4 Å². The molecule has 9 heteroatoms. The third-order valence-electron chi connectivity index (χ3n) is 5.87. The van der Waals surface area contributed by atoms with Gasteiger partial charge in [-0.1, -0.05) is 31.5 Å². The number of hydrogen-bond donors (Lipinski definition) is 1. The number of fused-ring (bicyclic) bond motifs is 1. The average molecular weight is 540 g/mol. The number of anilines is 1. The van der Waals surface area contributed by atoms with Gasteiger partial charge in [0, 0.05) is 35.4 Å². The van der Waals surface area contributed by atoms with Crippen molar-refractivity contribution in [3.8, 4) is 5.75 Å². The topological polar surface area (TPSA) is 104 Å². The largest absolute Gasteiger partial charge is 1.00 e. The number of hydrogen-bond acceptors (Lipinski definition) is 8. The van der Waals surface area contributed by atoms with Gasteiger partial charge in [0.05, 0.1) is 24.8 Å². The van der Waals surface area contributed by atoms with E-state index in [4.69, 9.17) is 4.74 Å². The van der Waals surface area contributed by atoms with Crippen LogP contribution in [0, 0.1) is 0 Å². The average Bonchev–Trinajstić information content (AvgIpc) is 3.37. The fourth-order valence-electron chi connectivity index (χ4n) is 3.91. The van der Waals surface area contributed by atoms with Gasteiger partial charge in [-0.05, 0) is 66.1 Å². The Morgan fingerprint density at radius 2 is 1.62 bits per heavy atom. The number of Topliss-reactive ketones (excluding diaryl/α,β-unsaturated/α-hetero) is 1. The van der Waals surface area contributed by atoms with Gasteiger partial charge in [0.1, 0.15) is 16.8 Å². The van der Waals surface area contributed by atoms with E-state index in [1.165, 1.54) is 0 Å². The Morgan fingerprint density at radius 3 is 2.27 bits per heavy atom. The molecule has 0 bridgehead atoms. The number of carboxylic acid groups (broad SMARTS) is 1. The number of aromatic nitrogens is 2. The molecule has 37 heavy (non-hydrogen) atoms. The van der Waals surface area contributed by atoms with Crippen LogP contribution in [-0.4, -0.2) is 34.2 Å². The van der Waals surface area contributed by atoms with Crippen LogP contribution in [0.5, 0.6) is 5.75 Å². The quantitative estimate of drug-likeness (QED) is 0.133. The Morgan fingerprint density at radius 1 is 0.946 bits per heavy atom. The van der Waals surface area contributed by atoms with E-state index in [0.29, 0.717) is 27.9 Å². The molecule has 1 heterocycles. The zero-order valence-electron chi connectivity index (χ0n) is 21.1. The number of rotatable bonds is 11.